The van der Waals surface area contributed by atoms with E-state index in [0.717, 1.165) is 39.0 Å². The van der Waals surface area contributed by atoms with Gasteiger partial charge in [-0.3, -0.25) is 4.79 Å². The van der Waals surface area contributed by atoms with Crippen LogP contribution in [0.5, 0.6) is 0 Å². The first kappa shape index (κ1) is 25.7. The molecule has 29 heavy (non-hydrogen) atoms. The molecular weight excluding hydrogens is 390 g/mol. The number of ether oxygens (including phenoxy) is 2. The molecular formula is C19H34F2N2O6. The van der Waals surface area contributed by atoms with E-state index in [4.69, 9.17) is 20.3 Å². The fourth-order valence-corrected chi connectivity index (χ4v) is 3.30. The number of carbonyl (C=O) groups excluding carboxylic acids is 2. The first-order valence-electron chi connectivity index (χ1n) is 10.2. The van der Waals surface area contributed by atoms with Gasteiger partial charge in [-0.05, 0) is 6.42 Å². The number of nitrogens with one attached hydrogen (secondary N) is 1. The van der Waals surface area contributed by atoms with Gasteiger partial charge in [0.25, 0.3) is 0 Å². The molecule has 1 aliphatic heterocycles. The quantitative estimate of drug-likeness (QED) is 0.270. The highest BCUT2D eigenvalue weighted by Gasteiger charge is 2.61. The topological polar surface area (TPSA) is 131 Å². The van der Waals surface area contributed by atoms with Gasteiger partial charge in [0.2, 0.25) is 5.91 Å². The van der Waals surface area contributed by atoms with Gasteiger partial charge in [0, 0.05) is 13.3 Å². The average molecular weight is 424 g/mol. The molecule has 1 amide bonds. The molecule has 4 unspecified atom stereocenters. The monoisotopic (exact) mass is 424 g/mol. The minimum Gasteiger partial charge on any atom is -0.461 e. The minimum absolute atomic E-state index is 0.0823. The molecule has 1 heterocycles. The predicted octanol–water partition coefficient (Wildman–Crippen LogP) is 0.868. The molecule has 0 spiro atoms. The average Bonchev–Trinajstić information content (AvgIpc) is 2.68. The standard InChI is InChI=1S/C19H34F2N2O6/c1-3-4-5-6-7-8-9-28-18(27)19(21)17(20)15(22)16(23-12(2)25)14(29-19)10-13(26)11-24/h13-17,24,26H,3-11,22H2,1-2H3,(H,23,25)/t13-,14?,15?,16?,17?,19+/m0/s1. The van der Waals surface area contributed by atoms with Crippen molar-refractivity contribution in [3.63, 3.8) is 0 Å². The lowest BCUT2D eigenvalue weighted by Gasteiger charge is -2.44. The third-order valence-corrected chi connectivity index (χ3v) is 4.93. The highest BCUT2D eigenvalue weighted by molar-refractivity contribution is 5.79. The fraction of sp³-hybridized carbons (Fsp3) is 0.895. The van der Waals surface area contributed by atoms with E-state index in [2.05, 4.69) is 12.2 Å². The second kappa shape index (κ2) is 12.4. The maximum Gasteiger partial charge on any atom is 0.375 e. The Kier molecular flexibility index (Phi) is 10.9. The highest BCUT2D eigenvalue weighted by Crippen LogP contribution is 2.35. The van der Waals surface area contributed by atoms with Gasteiger partial charge >= 0.3 is 11.8 Å². The third-order valence-electron chi connectivity index (χ3n) is 4.93. The summed E-state index contributed by atoms with van der Waals surface area (Å²) in [6, 6.07) is -2.81. The molecule has 0 radical (unpaired) electrons. The summed E-state index contributed by atoms with van der Waals surface area (Å²) in [6.07, 6.45) is -0.0907. The summed E-state index contributed by atoms with van der Waals surface area (Å²) in [6.45, 7) is 2.50. The Morgan fingerprint density at radius 2 is 1.90 bits per heavy atom. The van der Waals surface area contributed by atoms with Crippen molar-refractivity contribution < 1.29 is 38.1 Å². The van der Waals surface area contributed by atoms with Crippen LogP contribution < -0.4 is 11.1 Å². The number of alkyl halides is 2. The molecule has 1 aliphatic rings. The second-order valence-corrected chi connectivity index (χ2v) is 7.48. The van der Waals surface area contributed by atoms with E-state index in [1.807, 2.05) is 0 Å². The van der Waals surface area contributed by atoms with Gasteiger partial charge in [-0.25, -0.2) is 9.18 Å². The Hall–Kier alpha value is -1.36. The zero-order valence-corrected chi connectivity index (χ0v) is 17.1. The van der Waals surface area contributed by atoms with Crippen LogP contribution in [0.15, 0.2) is 0 Å². The van der Waals surface area contributed by atoms with E-state index in [1.165, 1.54) is 0 Å². The number of esters is 1. The Balaban J connectivity index is 2.76. The van der Waals surface area contributed by atoms with Gasteiger partial charge in [-0.1, -0.05) is 39.0 Å². The minimum atomic E-state index is -3.46. The Morgan fingerprint density at radius 1 is 1.28 bits per heavy atom. The summed E-state index contributed by atoms with van der Waals surface area (Å²) in [7, 11) is 0. The lowest BCUT2D eigenvalue weighted by atomic mass is 9.88. The number of unbranched alkanes of at least 4 members (excludes halogenated alkanes) is 5. The van der Waals surface area contributed by atoms with Crippen molar-refractivity contribution in [3.05, 3.63) is 0 Å². The first-order valence-corrected chi connectivity index (χ1v) is 10.2. The van der Waals surface area contributed by atoms with E-state index in [9.17, 15) is 19.1 Å². The summed E-state index contributed by atoms with van der Waals surface area (Å²) in [5, 5.41) is 21.1. The van der Waals surface area contributed by atoms with Crippen LogP contribution in [0.25, 0.3) is 0 Å². The number of nitrogens with two attached hydrogens (primary N) is 1. The van der Waals surface area contributed by atoms with Crippen molar-refractivity contribution >= 4 is 11.9 Å². The summed E-state index contributed by atoms with van der Waals surface area (Å²) >= 11 is 0. The van der Waals surface area contributed by atoms with E-state index >= 15 is 4.39 Å². The number of hydrogen-bond acceptors (Lipinski definition) is 7. The van der Waals surface area contributed by atoms with Crippen LogP contribution in [0.4, 0.5) is 8.78 Å². The van der Waals surface area contributed by atoms with Gasteiger partial charge < -0.3 is 30.7 Å². The maximum absolute atomic E-state index is 15.2. The van der Waals surface area contributed by atoms with Crippen molar-refractivity contribution in [2.75, 3.05) is 13.2 Å². The van der Waals surface area contributed by atoms with Crippen LogP contribution >= 0.6 is 0 Å². The number of aliphatic hydroxyl groups excluding tert-OH is 2. The molecule has 8 nitrogen and oxygen atoms in total. The van der Waals surface area contributed by atoms with Crippen LogP contribution in [0.3, 0.4) is 0 Å². The molecule has 10 heteroatoms. The molecule has 0 aromatic rings. The number of aliphatic hydroxyl groups is 2. The van der Waals surface area contributed by atoms with E-state index < -0.39 is 54.8 Å². The van der Waals surface area contributed by atoms with Crippen LogP contribution in [0.1, 0.15) is 58.8 Å². The molecule has 6 atom stereocenters. The number of amides is 1. The molecule has 0 aromatic carbocycles. The van der Waals surface area contributed by atoms with E-state index in [1.54, 1.807) is 0 Å². The van der Waals surface area contributed by atoms with Crippen LogP contribution in [0.2, 0.25) is 0 Å². The largest absolute Gasteiger partial charge is 0.461 e. The zero-order valence-electron chi connectivity index (χ0n) is 17.1. The lowest BCUT2D eigenvalue weighted by Crippen LogP contribution is -2.71. The van der Waals surface area contributed by atoms with Gasteiger partial charge in [0.05, 0.1) is 37.5 Å². The lowest BCUT2D eigenvalue weighted by molar-refractivity contribution is -0.263. The molecule has 1 saturated heterocycles. The molecule has 5 N–H and O–H groups in total. The maximum atomic E-state index is 15.2. The predicted molar refractivity (Wildman–Crippen MR) is 101 cm³/mol. The Bertz CT molecular complexity index is 527. The smallest absolute Gasteiger partial charge is 0.375 e. The number of rotatable bonds is 12. The van der Waals surface area contributed by atoms with E-state index in [0.29, 0.717) is 6.42 Å². The fourth-order valence-electron chi connectivity index (χ4n) is 3.30. The summed E-state index contributed by atoms with van der Waals surface area (Å²) in [5.74, 6) is -5.56. The molecule has 0 saturated carbocycles. The summed E-state index contributed by atoms with van der Waals surface area (Å²) < 4.78 is 39.8. The van der Waals surface area contributed by atoms with Crippen molar-refractivity contribution in [2.45, 2.75) is 95.1 Å². The molecule has 0 aliphatic carbocycles. The summed E-state index contributed by atoms with van der Waals surface area (Å²) in [4.78, 5) is 23.6. The van der Waals surface area contributed by atoms with Gasteiger partial charge in [0.15, 0.2) is 6.17 Å². The van der Waals surface area contributed by atoms with Gasteiger partial charge in [0.1, 0.15) is 0 Å². The summed E-state index contributed by atoms with van der Waals surface area (Å²) in [5.41, 5.74) is 5.75. The van der Waals surface area contributed by atoms with Crippen LogP contribution in [-0.2, 0) is 19.1 Å². The van der Waals surface area contributed by atoms with Crippen LogP contribution in [0, 0.1) is 0 Å². The number of halogens is 2. The Morgan fingerprint density at radius 3 is 2.48 bits per heavy atom. The highest BCUT2D eigenvalue weighted by atomic mass is 19.2. The first-order chi connectivity index (χ1) is 13.7. The van der Waals surface area contributed by atoms with E-state index in [-0.39, 0.29) is 13.0 Å². The van der Waals surface area contributed by atoms with Crippen molar-refractivity contribution in [1.29, 1.82) is 0 Å². The molecule has 0 aromatic heterocycles. The molecule has 0 bridgehead atoms. The normalized spacial score (nSPS) is 30.6. The third kappa shape index (κ3) is 7.44. The zero-order chi connectivity index (χ0) is 22.0. The van der Waals surface area contributed by atoms with Crippen molar-refractivity contribution in [1.82, 2.24) is 5.32 Å². The second-order valence-electron chi connectivity index (χ2n) is 7.48. The van der Waals surface area contributed by atoms with Crippen molar-refractivity contribution in [2.24, 2.45) is 5.73 Å². The number of carbonyl (C=O) groups is 2. The molecule has 1 rings (SSSR count). The van der Waals surface area contributed by atoms with Crippen LogP contribution in [-0.4, -0.2) is 71.6 Å². The SMILES string of the molecule is CCCCCCCCOC(=O)[C@]1(F)OC(C[C@H](O)CO)C(NC(C)=O)C(N)C1F. The van der Waals surface area contributed by atoms with Gasteiger partial charge in [-0.2, -0.15) is 4.39 Å². The van der Waals surface area contributed by atoms with Crippen molar-refractivity contribution in [3.8, 4) is 0 Å². The number of hydrogen-bond donors (Lipinski definition) is 4. The molecule has 1 fully saturated rings. The molecule has 170 valence electrons. The van der Waals surface area contributed by atoms with Gasteiger partial charge in [-0.15, -0.1) is 0 Å². The Labute approximate surface area is 170 Å².